The fraction of sp³-hybridized carbons (Fsp3) is 0.133. The third-order valence-electron chi connectivity index (χ3n) is 2.88. The summed E-state index contributed by atoms with van der Waals surface area (Å²) in [6.07, 6.45) is -0.290. The van der Waals surface area contributed by atoms with E-state index in [1.54, 1.807) is 12.1 Å². The first-order valence-corrected chi connectivity index (χ1v) is 6.17. The molecule has 2 rings (SSSR count). The number of halogens is 2. The van der Waals surface area contributed by atoms with Gasteiger partial charge in [-0.15, -0.1) is 0 Å². The van der Waals surface area contributed by atoms with E-state index in [2.05, 4.69) is 5.32 Å². The standard InChI is InChI=1S/C15H14F2N2O2/c1-21-13-6-5-10(18)8-12(13)19-14(20)7-9-3-2-4-11(16)15(9)17/h2-6,8H,7,18H2,1H3,(H,19,20). The third-order valence-corrected chi connectivity index (χ3v) is 2.88. The van der Waals surface area contributed by atoms with Gasteiger partial charge in [-0.05, 0) is 24.3 Å². The van der Waals surface area contributed by atoms with Gasteiger partial charge in [-0.25, -0.2) is 8.78 Å². The van der Waals surface area contributed by atoms with Gasteiger partial charge >= 0.3 is 0 Å². The molecule has 0 heterocycles. The number of hydrogen-bond acceptors (Lipinski definition) is 3. The normalized spacial score (nSPS) is 10.2. The summed E-state index contributed by atoms with van der Waals surface area (Å²) in [6.45, 7) is 0. The Balaban J connectivity index is 2.15. The SMILES string of the molecule is COc1ccc(N)cc1NC(=O)Cc1cccc(F)c1F. The summed E-state index contributed by atoms with van der Waals surface area (Å²) in [7, 11) is 1.45. The van der Waals surface area contributed by atoms with E-state index < -0.39 is 17.5 Å². The molecule has 0 spiro atoms. The van der Waals surface area contributed by atoms with Crippen LogP contribution in [0.5, 0.6) is 5.75 Å². The summed E-state index contributed by atoms with van der Waals surface area (Å²) in [4.78, 5) is 11.9. The van der Waals surface area contributed by atoms with E-state index in [9.17, 15) is 13.6 Å². The zero-order valence-corrected chi connectivity index (χ0v) is 11.3. The molecule has 0 atom stereocenters. The summed E-state index contributed by atoms with van der Waals surface area (Å²) >= 11 is 0. The predicted molar refractivity (Wildman–Crippen MR) is 76.1 cm³/mol. The van der Waals surface area contributed by atoms with Crippen LogP contribution in [0.15, 0.2) is 36.4 Å². The highest BCUT2D eigenvalue weighted by molar-refractivity contribution is 5.94. The van der Waals surface area contributed by atoms with Crippen molar-refractivity contribution < 1.29 is 18.3 Å². The van der Waals surface area contributed by atoms with Crippen molar-refractivity contribution in [3.8, 4) is 5.75 Å². The number of anilines is 2. The van der Waals surface area contributed by atoms with Gasteiger partial charge in [-0.3, -0.25) is 4.79 Å². The second-order valence-corrected chi connectivity index (χ2v) is 4.40. The fourth-order valence-electron chi connectivity index (χ4n) is 1.88. The second-order valence-electron chi connectivity index (χ2n) is 4.40. The van der Waals surface area contributed by atoms with E-state index in [1.165, 1.54) is 25.3 Å². The molecule has 0 saturated carbocycles. The zero-order valence-electron chi connectivity index (χ0n) is 11.3. The van der Waals surface area contributed by atoms with Gasteiger partial charge in [0.2, 0.25) is 5.91 Å². The number of amides is 1. The quantitative estimate of drug-likeness (QED) is 0.852. The number of carbonyl (C=O) groups is 1. The first-order valence-electron chi connectivity index (χ1n) is 6.17. The average Bonchev–Trinajstić information content (AvgIpc) is 2.44. The molecule has 110 valence electrons. The molecule has 2 aromatic carbocycles. The van der Waals surface area contributed by atoms with Crippen LogP contribution in [0, 0.1) is 11.6 Å². The number of methoxy groups -OCH3 is 1. The van der Waals surface area contributed by atoms with Gasteiger partial charge in [-0.2, -0.15) is 0 Å². The second kappa shape index (κ2) is 6.21. The number of hydrogen-bond donors (Lipinski definition) is 2. The van der Waals surface area contributed by atoms with Gasteiger partial charge in [0.15, 0.2) is 11.6 Å². The third kappa shape index (κ3) is 3.47. The number of nitrogens with two attached hydrogens (primary N) is 1. The van der Waals surface area contributed by atoms with Gasteiger partial charge in [0.1, 0.15) is 5.75 Å². The van der Waals surface area contributed by atoms with Crippen molar-refractivity contribution in [3.63, 3.8) is 0 Å². The van der Waals surface area contributed by atoms with Crippen LogP contribution in [0.1, 0.15) is 5.56 Å². The maximum Gasteiger partial charge on any atom is 0.229 e. The highest BCUT2D eigenvalue weighted by atomic mass is 19.2. The van der Waals surface area contributed by atoms with Crippen LogP contribution in [-0.2, 0) is 11.2 Å². The minimum Gasteiger partial charge on any atom is -0.495 e. The van der Waals surface area contributed by atoms with E-state index in [0.717, 1.165) is 6.07 Å². The molecule has 2 aromatic rings. The van der Waals surface area contributed by atoms with E-state index in [0.29, 0.717) is 17.1 Å². The Labute approximate surface area is 120 Å². The summed E-state index contributed by atoms with van der Waals surface area (Å²) in [5, 5.41) is 2.56. The maximum absolute atomic E-state index is 13.5. The summed E-state index contributed by atoms with van der Waals surface area (Å²) < 4.78 is 31.7. The van der Waals surface area contributed by atoms with Crippen LogP contribution >= 0.6 is 0 Å². The number of ether oxygens (including phenoxy) is 1. The lowest BCUT2D eigenvalue weighted by Crippen LogP contribution is -2.16. The van der Waals surface area contributed by atoms with Crippen molar-refractivity contribution in [1.82, 2.24) is 0 Å². The molecule has 4 nitrogen and oxygen atoms in total. The smallest absolute Gasteiger partial charge is 0.229 e. The first kappa shape index (κ1) is 14.8. The highest BCUT2D eigenvalue weighted by Crippen LogP contribution is 2.26. The van der Waals surface area contributed by atoms with Crippen LogP contribution in [0.25, 0.3) is 0 Å². The van der Waals surface area contributed by atoms with E-state index in [4.69, 9.17) is 10.5 Å². The summed E-state index contributed by atoms with van der Waals surface area (Å²) in [6, 6.07) is 8.46. The highest BCUT2D eigenvalue weighted by Gasteiger charge is 2.13. The molecule has 0 aliphatic rings. The van der Waals surface area contributed by atoms with Crippen LogP contribution in [-0.4, -0.2) is 13.0 Å². The Morgan fingerprint density at radius 3 is 2.76 bits per heavy atom. The lowest BCUT2D eigenvalue weighted by molar-refractivity contribution is -0.115. The van der Waals surface area contributed by atoms with E-state index in [1.807, 2.05) is 0 Å². The Bertz CT molecular complexity index is 675. The Hall–Kier alpha value is -2.63. The van der Waals surface area contributed by atoms with Crippen molar-refractivity contribution in [3.05, 3.63) is 53.6 Å². The first-order chi connectivity index (χ1) is 10.0. The number of carbonyl (C=O) groups excluding carboxylic acids is 1. The van der Waals surface area contributed by atoms with Crippen molar-refractivity contribution in [2.45, 2.75) is 6.42 Å². The molecule has 0 aliphatic heterocycles. The van der Waals surface area contributed by atoms with Gasteiger partial charge in [0, 0.05) is 11.3 Å². The molecule has 1 amide bonds. The van der Waals surface area contributed by atoms with Crippen molar-refractivity contribution in [1.29, 1.82) is 0 Å². The number of nitrogens with one attached hydrogen (secondary N) is 1. The summed E-state index contributed by atoms with van der Waals surface area (Å²) in [5.41, 5.74) is 6.44. The van der Waals surface area contributed by atoms with Crippen LogP contribution < -0.4 is 15.8 Å². The van der Waals surface area contributed by atoms with E-state index >= 15 is 0 Å². The van der Waals surface area contributed by atoms with Gasteiger partial charge in [0.25, 0.3) is 0 Å². The predicted octanol–water partition coefficient (Wildman–Crippen LogP) is 2.74. The molecule has 0 bridgehead atoms. The lowest BCUT2D eigenvalue weighted by Gasteiger charge is -2.11. The van der Waals surface area contributed by atoms with Gasteiger partial charge in [-0.1, -0.05) is 12.1 Å². The average molecular weight is 292 g/mol. The monoisotopic (exact) mass is 292 g/mol. The van der Waals surface area contributed by atoms with Crippen molar-refractivity contribution in [2.75, 3.05) is 18.2 Å². The van der Waals surface area contributed by atoms with E-state index in [-0.39, 0.29) is 12.0 Å². The van der Waals surface area contributed by atoms with Crippen LogP contribution in [0.4, 0.5) is 20.2 Å². The Morgan fingerprint density at radius 1 is 1.29 bits per heavy atom. The van der Waals surface area contributed by atoms with Crippen molar-refractivity contribution >= 4 is 17.3 Å². The topological polar surface area (TPSA) is 64.3 Å². The van der Waals surface area contributed by atoms with Gasteiger partial charge in [0.05, 0.1) is 19.2 Å². The molecule has 0 aliphatic carbocycles. The molecule has 0 fully saturated rings. The molecule has 0 unspecified atom stereocenters. The minimum absolute atomic E-state index is 0.0182. The van der Waals surface area contributed by atoms with Gasteiger partial charge < -0.3 is 15.8 Å². The molecular formula is C15H14F2N2O2. The van der Waals surface area contributed by atoms with Crippen LogP contribution in [0.3, 0.4) is 0 Å². The molecule has 3 N–H and O–H groups in total. The number of rotatable bonds is 4. The number of nitrogen functional groups attached to an aromatic ring is 1. The molecular weight excluding hydrogens is 278 g/mol. The molecule has 0 aromatic heterocycles. The molecule has 0 saturated heterocycles. The molecule has 0 radical (unpaired) electrons. The Morgan fingerprint density at radius 2 is 2.05 bits per heavy atom. The largest absolute Gasteiger partial charge is 0.495 e. The number of benzene rings is 2. The molecule has 21 heavy (non-hydrogen) atoms. The molecule has 6 heteroatoms. The van der Waals surface area contributed by atoms with Crippen molar-refractivity contribution in [2.24, 2.45) is 0 Å². The summed E-state index contributed by atoms with van der Waals surface area (Å²) in [5.74, 6) is -2.07. The minimum atomic E-state index is -1.02. The lowest BCUT2D eigenvalue weighted by atomic mass is 10.1. The zero-order chi connectivity index (χ0) is 15.4. The van der Waals surface area contributed by atoms with Crippen LogP contribution in [0.2, 0.25) is 0 Å². The Kier molecular flexibility index (Phi) is 4.37. The maximum atomic E-state index is 13.5. The fourth-order valence-corrected chi connectivity index (χ4v) is 1.88.